The predicted octanol–water partition coefficient (Wildman–Crippen LogP) is 6.81. The Morgan fingerprint density at radius 1 is 0.889 bits per heavy atom. The highest BCUT2D eigenvalue weighted by Crippen LogP contribution is 2.39. The molecule has 7 heteroatoms. The van der Waals surface area contributed by atoms with E-state index < -0.39 is 6.04 Å². The molecule has 0 radical (unpaired) electrons. The highest BCUT2D eigenvalue weighted by molar-refractivity contribution is 6.01. The summed E-state index contributed by atoms with van der Waals surface area (Å²) in [6, 6.07) is 17.8. The number of anilines is 1. The number of nitrogens with zero attached hydrogens (tertiary/aromatic N) is 3. The smallest absolute Gasteiger partial charge is 0.326 e. The van der Waals surface area contributed by atoms with Crippen LogP contribution in [0.25, 0.3) is 17.0 Å². The first-order valence-electron chi connectivity index (χ1n) is 11.8. The van der Waals surface area contributed by atoms with Gasteiger partial charge in [0, 0.05) is 11.3 Å². The van der Waals surface area contributed by atoms with Crippen molar-refractivity contribution in [2.24, 2.45) is 0 Å². The number of carbonyl (C=O) groups excluding carboxylic acids is 1. The summed E-state index contributed by atoms with van der Waals surface area (Å²) in [6.45, 7) is 9.62. The van der Waals surface area contributed by atoms with E-state index >= 15 is 0 Å². The molecule has 0 saturated carbocycles. The quantitative estimate of drug-likeness (QED) is 0.347. The van der Waals surface area contributed by atoms with Gasteiger partial charge in [-0.25, -0.2) is 9.18 Å². The molecule has 36 heavy (non-hydrogen) atoms. The lowest BCUT2D eigenvalue weighted by Crippen LogP contribution is -2.46. The van der Waals surface area contributed by atoms with Crippen LogP contribution in [0.2, 0.25) is 0 Å². The Balaban J connectivity index is 1.67. The second-order valence-electron chi connectivity index (χ2n) is 9.28. The lowest BCUT2D eigenvalue weighted by Gasteiger charge is -2.35. The molecule has 182 valence electrons. The van der Waals surface area contributed by atoms with Crippen molar-refractivity contribution in [3.8, 4) is 11.4 Å². The van der Waals surface area contributed by atoms with Gasteiger partial charge in [-0.2, -0.15) is 4.98 Å². The number of rotatable bonds is 4. The Kier molecular flexibility index (Phi) is 5.92. The molecule has 3 aromatic carbocycles. The number of allylic oxidation sites excluding steroid dienone is 1. The van der Waals surface area contributed by atoms with Crippen LogP contribution >= 0.6 is 0 Å². The number of hydrogen-bond donors (Lipinski definition) is 1. The molecule has 1 N–H and O–H groups in total. The number of hydrogen-bond acceptors (Lipinski definition) is 4. The number of carbonyl (C=O) groups is 1. The normalized spacial score (nSPS) is 15.9. The van der Waals surface area contributed by atoms with Crippen LogP contribution in [0.5, 0.6) is 0 Å². The van der Waals surface area contributed by atoms with Crippen LogP contribution < -0.4 is 10.2 Å². The Morgan fingerprint density at radius 3 is 2.33 bits per heavy atom. The number of aromatic nitrogens is 2. The third-order valence-corrected chi connectivity index (χ3v) is 6.72. The maximum absolute atomic E-state index is 14.0. The zero-order valence-electron chi connectivity index (χ0n) is 20.9. The molecule has 2 heterocycles. The number of benzene rings is 3. The first kappa shape index (κ1) is 23.5. The second kappa shape index (κ2) is 9.07. The first-order chi connectivity index (χ1) is 17.2. The molecule has 1 unspecified atom stereocenters. The largest absolute Gasteiger partial charge is 0.334 e. The number of nitrogens with one attached hydrogen (secondary N) is 1. The minimum absolute atomic E-state index is 0.315. The van der Waals surface area contributed by atoms with Crippen LogP contribution in [0, 0.1) is 33.5 Å². The van der Waals surface area contributed by atoms with Crippen molar-refractivity contribution in [1.82, 2.24) is 15.5 Å². The Morgan fingerprint density at radius 2 is 1.64 bits per heavy atom. The molecular weight excluding hydrogens is 455 g/mol. The molecule has 0 aliphatic carbocycles. The lowest BCUT2D eigenvalue weighted by atomic mass is 9.92. The van der Waals surface area contributed by atoms with Crippen LogP contribution in [0.4, 0.5) is 14.9 Å². The molecule has 4 aromatic rings. The van der Waals surface area contributed by atoms with Crippen molar-refractivity contribution in [2.45, 2.75) is 40.7 Å². The van der Waals surface area contributed by atoms with Crippen LogP contribution in [-0.2, 0) is 0 Å². The Bertz CT molecular complexity index is 1500. The van der Waals surface area contributed by atoms with Gasteiger partial charge in [-0.3, -0.25) is 4.90 Å². The van der Waals surface area contributed by atoms with Gasteiger partial charge in [0.1, 0.15) is 5.82 Å². The summed E-state index contributed by atoms with van der Waals surface area (Å²) in [5.74, 6) is 0.450. The van der Waals surface area contributed by atoms with E-state index in [1.54, 1.807) is 19.1 Å². The third-order valence-electron chi connectivity index (χ3n) is 6.72. The summed E-state index contributed by atoms with van der Waals surface area (Å²) in [4.78, 5) is 19.6. The lowest BCUT2D eigenvalue weighted by molar-refractivity contribution is 0.244. The highest BCUT2D eigenvalue weighted by atomic mass is 19.1. The van der Waals surface area contributed by atoms with Crippen LogP contribution in [0.3, 0.4) is 0 Å². The number of amides is 2. The van der Waals surface area contributed by atoms with E-state index in [-0.39, 0.29) is 11.8 Å². The molecule has 2 amide bonds. The Labute approximate surface area is 209 Å². The number of urea groups is 1. The molecular formula is C29H27FN4O2. The third kappa shape index (κ3) is 4.17. The Hall–Kier alpha value is -4.26. The van der Waals surface area contributed by atoms with E-state index in [9.17, 15) is 9.18 Å². The topological polar surface area (TPSA) is 71.3 Å². The minimum Gasteiger partial charge on any atom is -0.334 e. The van der Waals surface area contributed by atoms with Crippen molar-refractivity contribution in [3.63, 3.8) is 0 Å². The standard InChI is InChI=1S/C29H27FN4O2/c1-16-6-9-21(10-7-16)27-32-28(36-33-27)25-20(5)34(23-12-13-24(30)19(4)15-23)29(35)31-26(25)22-11-8-17(2)18(3)14-22/h6-15,26H,1-5H3,(H,31,35). The van der Waals surface area contributed by atoms with Gasteiger partial charge in [-0.05, 0) is 75.1 Å². The van der Waals surface area contributed by atoms with Crippen LogP contribution in [0.1, 0.15) is 46.7 Å². The molecule has 1 aromatic heterocycles. The van der Waals surface area contributed by atoms with Gasteiger partial charge in [0.05, 0.1) is 17.3 Å². The maximum Gasteiger partial charge on any atom is 0.326 e. The van der Waals surface area contributed by atoms with Crippen molar-refractivity contribution in [2.75, 3.05) is 4.90 Å². The molecule has 6 nitrogen and oxygen atoms in total. The molecule has 1 atom stereocenters. The summed E-state index contributed by atoms with van der Waals surface area (Å²) in [5, 5.41) is 7.33. The number of halogens is 1. The highest BCUT2D eigenvalue weighted by Gasteiger charge is 2.36. The van der Waals surface area contributed by atoms with E-state index in [2.05, 4.69) is 16.5 Å². The average Bonchev–Trinajstić information content (AvgIpc) is 3.33. The zero-order chi connectivity index (χ0) is 25.6. The van der Waals surface area contributed by atoms with Crippen molar-refractivity contribution >= 4 is 17.3 Å². The SMILES string of the molecule is CC1=C(c2nc(-c3ccc(C)cc3)no2)C(c2ccc(C)c(C)c2)NC(=O)N1c1ccc(F)c(C)c1. The molecule has 0 bridgehead atoms. The maximum atomic E-state index is 14.0. The minimum atomic E-state index is -0.499. The van der Waals surface area contributed by atoms with Crippen LogP contribution in [-0.4, -0.2) is 16.2 Å². The van der Waals surface area contributed by atoms with Crippen molar-refractivity contribution in [3.05, 3.63) is 106 Å². The average molecular weight is 483 g/mol. The summed E-state index contributed by atoms with van der Waals surface area (Å²) >= 11 is 0. The van der Waals surface area contributed by atoms with Crippen LogP contribution in [0.15, 0.2) is 70.9 Å². The van der Waals surface area contributed by atoms with E-state index in [0.29, 0.717) is 34.2 Å². The second-order valence-corrected chi connectivity index (χ2v) is 9.28. The molecule has 1 aliphatic rings. The summed E-state index contributed by atoms with van der Waals surface area (Å²) in [7, 11) is 0. The van der Waals surface area contributed by atoms with Gasteiger partial charge in [0.2, 0.25) is 5.82 Å². The number of aryl methyl sites for hydroxylation is 4. The molecule has 5 rings (SSSR count). The van der Waals surface area contributed by atoms with Gasteiger partial charge in [0.15, 0.2) is 0 Å². The molecule has 0 saturated heterocycles. The van der Waals surface area contributed by atoms with E-state index in [1.807, 2.05) is 64.1 Å². The van der Waals surface area contributed by atoms with Gasteiger partial charge >= 0.3 is 6.03 Å². The zero-order valence-corrected chi connectivity index (χ0v) is 20.9. The molecule has 0 fully saturated rings. The van der Waals surface area contributed by atoms with Gasteiger partial charge < -0.3 is 9.84 Å². The monoisotopic (exact) mass is 482 g/mol. The summed E-state index contributed by atoms with van der Waals surface area (Å²) in [5.41, 5.74) is 7.47. The summed E-state index contributed by atoms with van der Waals surface area (Å²) < 4.78 is 19.8. The molecule has 1 aliphatic heterocycles. The molecule has 0 spiro atoms. The fourth-order valence-corrected chi connectivity index (χ4v) is 4.45. The fraction of sp³-hybridized carbons (Fsp3) is 0.207. The van der Waals surface area contributed by atoms with Crippen molar-refractivity contribution in [1.29, 1.82) is 0 Å². The first-order valence-corrected chi connectivity index (χ1v) is 11.8. The van der Waals surface area contributed by atoms with E-state index in [4.69, 9.17) is 9.51 Å². The summed E-state index contributed by atoms with van der Waals surface area (Å²) in [6.07, 6.45) is 0. The van der Waals surface area contributed by atoms with Gasteiger partial charge in [0.25, 0.3) is 5.89 Å². The van der Waals surface area contributed by atoms with Gasteiger partial charge in [-0.15, -0.1) is 0 Å². The van der Waals surface area contributed by atoms with Crippen molar-refractivity contribution < 1.29 is 13.7 Å². The van der Waals surface area contributed by atoms with Gasteiger partial charge in [-0.1, -0.05) is 53.2 Å². The predicted molar refractivity (Wildman–Crippen MR) is 138 cm³/mol. The van der Waals surface area contributed by atoms with E-state index in [0.717, 1.165) is 27.8 Å². The van der Waals surface area contributed by atoms with E-state index in [1.165, 1.54) is 11.0 Å². The fourth-order valence-electron chi connectivity index (χ4n) is 4.45.